The molecule has 0 aromatic carbocycles. The van der Waals surface area contributed by atoms with Crippen molar-refractivity contribution in [3.05, 3.63) is 11.6 Å². The van der Waals surface area contributed by atoms with E-state index in [9.17, 15) is 0 Å². The molecule has 1 atom stereocenters. The van der Waals surface area contributed by atoms with Gasteiger partial charge in [-0.25, -0.2) is 4.98 Å². The Hall–Kier alpha value is -0.900. The number of nitrogens with zero attached hydrogens (tertiary/aromatic N) is 2. The van der Waals surface area contributed by atoms with E-state index in [0.717, 1.165) is 18.1 Å². The first-order valence-electron chi connectivity index (χ1n) is 4.26. The molecule has 12 heavy (non-hydrogen) atoms. The van der Waals surface area contributed by atoms with Crippen molar-refractivity contribution in [2.75, 3.05) is 0 Å². The van der Waals surface area contributed by atoms with E-state index < -0.39 is 0 Å². The van der Waals surface area contributed by atoms with Gasteiger partial charge < -0.3 is 5.73 Å². The van der Waals surface area contributed by atoms with Gasteiger partial charge in [0.2, 0.25) is 0 Å². The lowest BCUT2D eigenvalue weighted by atomic mass is 10.2. The molecule has 1 rings (SSSR count). The van der Waals surface area contributed by atoms with Crippen LogP contribution in [0.4, 0.5) is 0 Å². The Labute approximate surface area is 72.6 Å². The molecule has 68 valence electrons. The summed E-state index contributed by atoms with van der Waals surface area (Å²) in [7, 11) is 0. The van der Waals surface area contributed by atoms with Gasteiger partial charge in [0, 0.05) is 18.4 Å². The van der Waals surface area contributed by atoms with Crippen LogP contribution in [-0.2, 0) is 6.42 Å². The second-order valence-corrected chi connectivity index (χ2v) is 3.48. The average molecular weight is 168 g/mol. The smallest absolute Gasteiger partial charge is 0.153 e. The van der Waals surface area contributed by atoms with Gasteiger partial charge in [-0.3, -0.25) is 5.10 Å². The zero-order chi connectivity index (χ0) is 9.14. The monoisotopic (exact) mass is 168 g/mol. The minimum Gasteiger partial charge on any atom is -0.328 e. The predicted octanol–water partition coefficient (Wildman–Crippen LogP) is 0.818. The van der Waals surface area contributed by atoms with Gasteiger partial charge in [-0.05, 0) is 6.92 Å². The van der Waals surface area contributed by atoms with E-state index in [-0.39, 0.29) is 6.04 Å². The first kappa shape index (κ1) is 9.19. The molecule has 3 N–H and O–H groups in total. The van der Waals surface area contributed by atoms with Crippen LogP contribution in [0, 0.1) is 0 Å². The molecule has 0 fully saturated rings. The van der Waals surface area contributed by atoms with Crippen molar-refractivity contribution >= 4 is 0 Å². The first-order valence-corrected chi connectivity index (χ1v) is 4.26. The van der Waals surface area contributed by atoms with Gasteiger partial charge in [-0.1, -0.05) is 13.8 Å². The fraction of sp³-hybridized carbons (Fsp3) is 0.750. The second-order valence-electron chi connectivity index (χ2n) is 3.48. The van der Waals surface area contributed by atoms with E-state index in [1.807, 2.05) is 6.92 Å². The maximum Gasteiger partial charge on any atom is 0.153 e. The SMILES string of the molecule is CC(C)c1n[nH]c(C[C@@H](C)N)n1. The molecule has 0 radical (unpaired) electrons. The zero-order valence-electron chi connectivity index (χ0n) is 7.83. The number of aromatic nitrogens is 3. The van der Waals surface area contributed by atoms with Crippen molar-refractivity contribution in [2.24, 2.45) is 5.73 Å². The van der Waals surface area contributed by atoms with Crippen LogP contribution in [0.5, 0.6) is 0 Å². The number of hydrogen-bond acceptors (Lipinski definition) is 3. The van der Waals surface area contributed by atoms with Crippen molar-refractivity contribution in [3.63, 3.8) is 0 Å². The maximum atomic E-state index is 5.62. The normalized spacial score (nSPS) is 13.8. The fourth-order valence-electron chi connectivity index (χ4n) is 0.965. The lowest BCUT2D eigenvalue weighted by Crippen LogP contribution is -2.18. The quantitative estimate of drug-likeness (QED) is 0.702. The largest absolute Gasteiger partial charge is 0.328 e. The molecule has 0 spiro atoms. The highest BCUT2D eigenvalue weighted by Crippen LogP contribution is 2.07. The number of nitrogens with one attached hydrogen (secondary N) is 1. The minimum atomic E-state index is 0.137. The molecule has 1 aromatic rings. The molecule has 1 heterocycles. The van der Waals surface area contributed by atoms with E-state index in [2.05, 4.69) is 29.0 Å². The topological polar surface area (TPSA) is 67.6 Å². The highest BCUT2D eigenvalue weighted by atomic mass is 15.2. The van der Waals surface area contributed by atoms with Crippen LogP contribution in [0.1, 0.15) is 38.3 Å². The van der Waals surface area contributed by atoms with Crippen LogP contribution in [0.25, 0.3) is 0 Å². The van der Waals surface area contributed by atoms with Crippen LogP contribution in [0.2, 0.25) is 0 Å². The van der Waals surface area contributed by atoms with E-state index in [4.69, 9.17) is 5.73 Å². The molecular formula is C8H16N4. The molecule has 0 bridgehead atoms. The molecule has 4 nitrogen and oxygen atoms in total. The van der Waals surface area contributed by atoms with Crippen LogP contribution in [0.3, 0.4) is 0 Å². The van der Waals surface area contributed by atoms with Gasteiger partial charge in [0.25, 0.3) is 0 Å². The molecule has 0 saturated carbocycles. The maximum absolute atomic E-state index is 5.62. The minimum absolute atomic E-state index is 0.137. The van der Waals surface area contributed by atoms with Crippen LogP contribution < -0.4 is 5.73 Å². The Bertz CT molecular complexity index is 239. The molecule has 4 heteroatoms. The standard InChI is InChI=1S/C8H16N4/c1-5(2)8-10-7(11-12-8)4-6(3)9/h5-6H,4,9H2,1-3H3,(H,10,11,12)/t6-/m1/s1. The third-order valence-electron chi connectivity index (χ3n) is 1.58. The van der Waals surface area contributed by atoms with Crippen molar-refractivity contribution in [3.8, 4) is 0 Å². The Kier molecular flexibility index (Phi) is 2.81. The summed E-state index contributed by atoms with van der Waals surface area (Å²) in [5.41, 5.74) is 5.62. The number of nitrogens with two attached hydrogens (primary N) is 1. The van der Waals surface area contributed by atoms with E-state index in [1.54, 1.807) is 0 Å². The third-order valence-corrected chi connectivity index (χ3v) is 1.58. The lowest BCUT2D eigenvalue weighted by Gasteiger charge is -1.99. The number of hydrogen-bond donors (Lipinski definition) is 2. The van der Waals surface area contributed by atoms with Gasteiger partial charge in [0.05, 0.1) is 0 Å². The summed E-state index contributed by atoms with van der Waals surface area (Å²) in [4.78, 5) is 4.30. The van der Waals surface area contributed by atoms with Gasteiger partial charge in [0.1, 0.15) is 5.82 Å². The van der Waals surface area contributed by atoms with E-state index in [1.165, 1.54) is 0 Å². The third kappa shape index (κ3) is 2.30. The molecular weight excluding hydrogens is 152 g/mol. The van der Waals surface area contributed by atoms with Crippen molar-refractivity contribution in [1.29, 1.82) is 0 Å². The van der Waals surface area contributed by atoms with Crippen molar-refractivity contribution < 1.29 is 0 Å². The summed E-state index contributed by atoms with van der Waals surface area (Å²) in [6.45, 7) is 6.09. The fourth-order valence-corrected chi connectivity index (χ4v) is 0.965. The summed E-state index contributed by atoms with van der Waals surface area (Å²) >= 11 is 0. The van der Waals surface area contributed by atoms with Crippen molar-refractivity contribution in [1.82, 2.24) is 15.2 Å². The highest BCUT2D eigenvalue weighted by molar-refractivity contribution is 4.95. The summed E-state index contributed by atoms with van der Waals surface area (Å²) in [5.74, 6) is 2.13. The summed E-state index contributed by atoms with van der Waals surface area (Å²) in [6.07, 6.45) is 0.764. The summed E-state index contributed by atoms with van der Waals surface area (Å²) in [5, 5.41) is 6.95. The molecule has 0 saturated heterocycles. The Morgan fingerprint density at radius 3 is 2.50 bits per heavy atom. The average Bonchev–Trinajstić information content (AvgIpc) is 2.34. The molecule has 0 unspecified atom stereocenters. The zero-order valence-corrected chi connectivity index (χ0v) is 7.83. The predicted molar refractivity (Wildman–Crippen MR) is 47.8 cm³/mol. The molecule has 1 aromatic heterocycles. The molecule has 0 aliphatic carbocycles. The lowest BCUT2D eigenvalue weighted by molar-refractivity contribution is 0.703. The number of aromatic amines is 1. The highest BCUT2D eigenvalue weighted by Gasteiger charge is 2.07. The van der Waals surface area contributed by atoms with Gasteiger partial charge >= 0.3 is 0 Å². The van der Waals surface area contributed by atoms with E-state index >= 15 is 0 Å². The van der Waals surface area contributed by atoms with Crippen LogP contribution >= 0.6 is 0 Å². The second kappa shape index (κ2) is 3.67. The Morgan fingerprint density at radius 2 is 2.08 bits per heavy atom. The Balaban J connectivity index is 2.64. The first-order chi connectivity index (χ1) is 5.59. The number of rotatable bonds is 3. The summed E-state index contributed by atoms with van der Waals surface area (Å²) in [6, 6.07) is 0.137. The van der Waals surface area contributed by atoms with Gasteiger partial charge in [-0.2, -0.15) is 5.10 Å². The van der Waals surface area contributed by atoms with E-state index in [0.29, 0.717) is 5.92 Å². The molecule has 0 aliphatic heterocycles. The molecule has 0 aliphatic rings. The summed E-state index contributed by atoms with van der Waals surface area (Å²) < 4.78 is 0. The van der Waals surface area contributed by atoms with Crippen molar-refractivity contribution in [2.45, 2.75) is 39.2 Å². The van der Waals surface area contributed by atoms with Crippen LogP contribution in [0.15, 0.2) is 0 Å². The molecule has 0 amide bonds. The van der Waals surface area contributed by atoms with Gasteiger partial charge in [-0.15, -0.1) is 0 Å². The number of H-pyrrole nitrogens is 1. The Morgan fingerprint density at radius 1 is 1.42 bits per heavy atom. The van der Waals surface area contributed by atoms with Crippen LogP contribution in [-0.4, -0.2) is 21.2 Å². The van der Waals surface area contributed by atoms with Gasteiger partial charge in [0.15, 0.2) is 5.82 Å².